The van der Waals surface area contributed by atoms with Crippen LogP contribution < -0.4 is 10.1 Å². The fourth-order valence-corrected chi connectivity index (χ4v) is 1.88. The van der Waals surface area contributed by atoms with Crippen molar-refractivity contribution in [1.82, 2.24) is 0 Å². The lowest BCUT2D eigenvalue weighted by molar-refractivity contribution is -0.138. The smallest absolute Gasteiger partial charge is 0.416 e. The minimum atomic E-state index is -4.95. The molecule has 0 spiro atoms. The molecule has 0 unspecified atom stereocenters. The standard InChI is InChI=1S/C15H9F6NO2/c1-7-2-9(16)13(5-12(7)22-6-23)24-14-10(17)3-8(4-11(14)18)15(19,20)21/h2-6H,1H3,(H,22,23). The average molecular weight is 349 g/mol. The van der Waals surface area contributed by atoms with Crippen molar-refractivity contribution in [3.8, 4) is 11.5 Å². The fraction of sp³-hybridized carbons (Fsp3) is 0.133. The maximum absolute atomic E-state index is 13.8. The molecule has 2 aromatic rings. The lowest BCUT2D eigenvalue weighted by Crippen LogP contribution is -2.07. The Bertz CT molecular complexity index is 765. The molecule has 0 aromatic heterocycles. The van der Waals surface area contributed by atoms with E-state index in [0.29, 0.717) is 12.0 Å². The molecule has 0 bridgehead atoms. The van der Waals surface area contributed by atoms with Gasteiger partial charge in [0.25, 0.3) is 0 Å². The van der Waals surface area contributed by atoms with Crippen LogP contribution in [0.5, 0.6) is 11.5 Å². The number of alkyl halides is 3. The Hall–Kier alpha value is -2.71. The van der Waals surface area contributed by atoms with Gasteiger partial charge in [0.2, 0.25) is 6.41 Å². The molecule has 0 fully saturated rings. The highest BCUT2D eigenvalue weighted by atomic mass is 19.4. The molecule has 1 amide bonds. The molecule has 9 heteroatoms. The second kappa shape index (κ2) is 6.42. The SMILES string of the molecule is Cc1cc(F)c(Oc2c(F)cc(C(F)(F)F)cc2F)cc1NC=O. The van der Waals surface area contributed by atoms with Crippen LogP contribution in [0.2, 0.25) is 0 Å². The molecule has 1 N–H and O–H groups in total. The molecular weight excluding hydrogens is 340 g/mol. The van der Waals surface area contributed by atoms with Gasteiger partial charge >= 0.3 is 6.18 Å². The molecule has 0 saturated carbocycles. The number of aryl methyl sites for hydroxylation is 1. The van der Waals surface area contributed by atoms with Gasteiger partial charge in [-0.3, -0.25) is 4.79 Å². The first-order chi connectivity index (χ1) is 11.1. The predicted octanol–water partition coefficient (Wildman–Crippen LogP) is 4.79. The molecule has 24 heavy (non-hydrogen) atoms. The van der Waals surface area contributed by atoms with E-state index >= 15 is 0 Å². The van der Waals surface area contributed by atoms with E-state index in [1.807, 2.05) is 0 Å². The van der Waals surface area contributed by atoms with Gasteiger partial charge in [0.15, 0.2) is 29.0 Å². The first kappa shape index (κ1) is 17.6. The first-order valence-electron chi connectivity index (χ1n) is 6.38. The molecule has 0 radical (unpaired) electrons. The van der Waals surface area contributed by atoms with Crippen LogP contribution in [-0.2, 0) is 11.0 Å². The van der Waals surface area contributed by atoms with E-state index in [1.165, 1.54) is 6.92 Å². The van der Waals surface area contributed by atoms with Crippen LogP contribution in [0.4, 0.5) is 32.0 Å². The summed E-state index contributed by atoms with van der Waals surface area (Å²) in [5.41, 5.74) is -1.13. The number of carbonyl (C=O) groups excluding carboxylic acids is 1. The Morgan fingerprint density at radius 2 is 1.58 bits per heavy atom. The van der Waals surface area contributed by atoms with E-state index in [0.717, 1.165) is 12.1 Å². The number of amides is 1. The molecule has 0 atom stereocenters. The number of benzene rings is 2. The van der Waals surface area contributed by atoms with Crippen molar-refractivity contribution in [1.29, 1.82) is 0 Å². The lowest BCUT2D eigenvalue weighted by atomic mass is 10.1. The summed E-state index contributed by atoms with van der Waals surface area (Å²) in [5.74, 6) is -6.16. The zero-order valence-electron chi connectivity index (χ0n) is 12.0. The Balaban J connectivity index is 2.45. The number of rotatable bonds is 4. The lowest BCUT2D eigenvalue weighted by Gasteiger charge is -2.13. The Morgan fingerprint density at radius 3 is 2.08 bits per heavy atom. The quantitative estimate of drug-likeness (QED) is 0.637. The highest BCUT2D eigenvalue weighted by Crippen LogP contribution is 2.37. The van der Waals surface area contributed by atoms with Crippen LogP contribution >= 0.6 is 0 Å². The minimum absolute atomic E-state index is 0.0368. The zero-order chi connectivity index (χ0) is 18.1. The highest BCUT2D eigenvalue weighted by molar-refractivity contribution is 5.74. The van der Waals surface area contributed by atoms with E-state index in [-0.39, 0.29) is 17.8 Å². The van der Waals surface area contributed by atoms with E-state index in [2.05, 4.69) is 5.32 Å². The van der Waals surface area contributed by atoms with Gasteiger partial charge in [0.1, 0.15) is 0 Å². The maximum atomic E-state index is 13.8. The van der Waals surface area contributed by atoms with Crippen molar-refractivity contribution >= 4 is 12.1 Å². The summed E-state index contributed by atoms with van der Waals surface area (Å²) in [6.45, 7) is 1.46. The van der Waals surface area contributed by atoms with Crippen molar-refractivity contribution in [3.63, 3.8) is 0 Å². The maximum Gasteiger partial charge on any atom is 0.416 e. The summed E-state index contributed by atoms with van der Waals surface area (Å²) in [6.07, 6.45) is -4.65. The van der Waals surface area contributed by atoms with Gasteiger partial charge in [-0.05, 0) is 30.7 Å². The molecule has 2 aromatic carbocycles. The van der Waals surface area contributed by atoms with Gasteiger partial charge in [-0.1, -0.05) is 0 Å². The van der Waals surface area contributed by atoms with Gasteiger partial charge in [-0.2, -0.15) is 13.2 Å². The highest BCUT2D eigenvalue weighted by Gasteiger charge is 2.33. The van der Waals surface area contributed by atoms with Crippen LogP contribution in [0.1, 0.15) is 11.1 Å². The fourth-order valence-electron chi connectivity index (χ4n) is 1.88. The second-order valence-corrected chi connectivity index (χ2v) is 4.73. The van der Waals surface area contributed by atoms with Crippen LogP contribution in [0.3, 0.4) is 0 Å². The van der Waals surface area contributed by atoms with Gasteiger partial charge in [-0.15, -0.1) is 0 Å². The van der Waals surface area contributed by atoms with Gasteiger partial charge < -0.3 is 10.1 Å². The Kier molecular flexibility index (Phi) is 4.72. The number of nitrogens with one attached hydrogen (secondary N) is 1. The molecule has 2 rings (SSSR count). The summed E-state index contributed by atoms with van der Waals surface area (Å²) in [5, 5.41) is 2.22. The summed E-state index contributed by atoms with van der Waals surface area (Å²) in [4.78, 5) is 10.4. The number of hydrogen-bond acceptors (Lipinski definition) is 2. The van der Waals surface area contributed by atoms with Gasteiger partial charge in [0, 0.05) is 11.8 Å². The normalized spacial score (nSPS) is 11.3. The van der Waals surface area contributed by atoms with Crippen LogP contribution in [0.15, 0.2) is 24.3 Å². The Morgan fingerprint density at radius 1 is 1.00 bits per heavy atom. The molecule has 0 aliphatic heterocycles. The molecule has 0 heterocycles. The number of hydrogen-bond donors (Lipinski definition) is 1. The first-order valence-corrected chi connectivity index (χ1v) is 6.38. The average Bonchev–Trinajstić information content (AvgIpc) is 2.46. The Labute approximate surface area is 131 Å². The van der Waals surface area contributed by atoms with Crippen molar-refractivity contribution in [2.45, 2.75) is 13.1 Å². The van der Waals surface area contributed by atoms with Crippen molar-refractivity contribution in [3.05, 3.63) is 52.8 Å². The molecule has 3 nitrogen and oxygen atoms in total. The minimum Gasteiger partial charge on any atom is -0.448 e. The van der Waals surface area contributed by atoms with E-state index in [4.69, 9.17) is 4.74 Å². The summed E-state index contributed by atoms with van der Waals surface area (Å²) in [6, 6.07) is 1.96. The van der Waals surface area contributed by atoms with Crippen molar-refractivity contribution in [2.24, 2.45) is 0 Å². The van der Waals surface area contributed by atoms with Crippen molar-refractivity contribution < 1.29 is 35.9 Å². The summed E-state index contributed by atoms with van der Waals surface area (Å²) < 4.78 is 83.4. The largest absolute Gasteiger partial charge is 0.448 e. The second-order valence-electron chi connectivity index (χ2n) is 4.73. The van der Waals surface area contributed by atoms with E-state index in [9.17, 15) is 31.1 Å². The van der Waals surface area contributed by atoms with Gasteiger partial charge in [0.05, 0.1) is 5.56 Å². The molecule has 128 valence electrons. The number of halogens is 6. The summed E-state index contributed by atoms with van der Waals surface area (Å²) in [7, 11) is 0. The molecular formula is C15H9F6NO2. The topological polar surface area (TPSA) is 38.3 Å². The molecule has 0 saturated heterocycles. The number of ether oxygens (including phenoxy) is 1. The van der Waals surface area contributed by atoms with Crippen LogP contribution in [-0.4, -0.2) is 6.41 Å². The summed E-state index contributed by atoms with van der Waals surface area (Å²) >= 11 is 0. The third-order valence-corrected chi connectivity index (χ3v) is 3.03. The number of anilines is 1. The monoisotopic (exact) mass is 349 g/mol. The number of carbonyl (C=O) groups is 1. The van der Waals surface area contributed by atoms with E-state index in [1.54, 1.807) is 0 Å². The van der Waals surface area contributed by atoms with Crippen LogP contribution in [0, 0.1) is 24.4 Å². The van der Waals surface area contributed by atoms with E-state index < -0.39 is 40.7 Å². The molecule has 0 aliphatic rings. The predicted molar refractivity (Wildman–Crippen MR) is 72.3 cm³/mol. The van der Waals surface area contributed by atoms with Crippen LogP contribution in [0.25, 0.3) is 0 Å². The zero-order valence-corrected chi connectivity index (χ0v) is 12.0. The third-order valence-electron chi connectivity index (χ3n) is 3.03. The third kappa shape index (κ3) is 3.61. The van der Waals surface area contributed by atoms with Gasteiger partial charge in [-0.25, -0.2) is 13.2 Å². The molecule has 0 aliphatic carbocycles. The van der Waals surface area contributed by atoms with Crippen molar-refractivity contribution in [2.75, 3.05) is 5.32 Å².